The molecule has 212 valence electrons. The van der Waals surface area contributed by atoms with Crippen LogP contribution >= 0.6 is 22.7 Å². The predicted molar refractivity (Wildman–Crippen MR) is 166 cm³/mol. The van der Waals surface area contributed by atoms with Crippen molar-refractivity contribution in [2.75, 3.05) is 15.2 Å². The largest absolute Gasteiger partial charge is 0.459 e. The fraction of sp³-hybridized carbons (Fsp3) is 0.100. The third-order valence-electron chi connectivity index (χ3n) is 7.12. The van der Waals surface area contributed by atoms with Crippen LogP contribution in [0.3, 0.4) is 0 Å². The zero-order chi connectivity index (χ0) is 29.1. The van der Waals surface area contributed by atoms with E-state index in [0.717, 1.165) is 32.1 Å². The van der Waals surface area contributed by atoms with Crippen LogP contribution in [0.15, 0.2) is 110 Å². The molecule has 12 heteroatoms. The molecule has 6 aromatic rings. The number of anilines is 2. The normalized spacial score (nSPS) is 13.9. The second-order valence-corrected chi connectivity index (χ2v) is 16.2. The van der Waals surface area contributed by atoms with Gasteiger partial charge in [0.1, 0.15) is 8.42 Å². The molecule has 0 radical (unpaired) electrons. The van der Waals surface area contributed by atoms with E-state index in [9.17, 15) is 21.6 Å². The standard InChI is InChI=1S/C30H22N2O6S4/c33-30(25-10-6-16-38-25)31-15-5-9-20-17-23(13-14-24(20)31)32(41(34,35)28-18-21-7-1-3-11-26(21)39-28)42(36,37)29-19-22-8-2-4-12-27(22)40-29/h1-4,6-8,10-14,16-19H,5,9,15H2. The fourth-order valence-electron chi connectivity index (χ4n) is 5.18. The Hall–Kier alpha value is -3.97. The molecule has 7 rings (SSSR count). The summed E-state index contributed by atoms with van der Waals surface area (Å²) in [5.74, 6) is -0.130. The average Bonchev–Trinajstić information content (AvgIpc) is 3.76. The van der Waals surface area contributed by atoms with Crippen molar-refractivity contribution in [1.29, 1.82) is 0 Å². The highest BCUT2D eigenvalue weighted by molar-refractivity contribution is 8.11. The molecule has 0 atom stereocenters. The van der Waals surface area contributed by atoms with Crippen LogP contribution in [0.1, 0.15) is 22.5 Å². The van der Waals surface area contributed by atoms with Crippen molar-refractivity contribution in [3.63, 3.8) is 0 Å². The second kappa shape index (κ2) is 10.1. The number of sulfonamides is 2. The molecule has 8 nitrogen and oxygen atoms in total. The molecule has 0 aliphatic carbocycles. The number of fused-ring (bicyclic) bond motifs is 3. The van der Waals surface area contributed by atoms with Gasteiger partial charge in [-0.05, 0) is 83.8 Å². The fourth-order valence-corrected chi connectivity index (χ4v) is 12.1. The Morgan fingerprint density at radius 3 is 1.95 bits per heavy atom. The number of hydrogen-bond donors (Lipinski definition) is 0. The number of rotatable bonds is 6. The number of benzene rings is 3. The minimum atomic E-state index is -4.58. The first-order valence-corrected chi connectivity index (χ1v) is 17.5. The maximum atomic E-state index is 14.3. The quantitative estimate of drug-likeness (QED) is 0.198. The smallest absolute Gasteiger partial charge is 0.293 e. The van der Waals surface area contributed by atoms with Crippen molar-refractivity contribution in [3.05, 3.63) is 109 Å². The number of carbonyl (C=O) groups excluding carboxylic acids is 1. The van der Waals surface area contributed by atoms with Gasteiger partial charge in [-0.15, -0.1) is 22.7 Å². The molecule has 1 aliphatic heterocycles. The van der Waals surface area contributed by atoms with Gasteiger partial charge < -0.3 is 9.32 Å². The molecule has 0 fully saturated rings. The number of aryl methyl sites for hydroxylation is 1. The number of amides is 1. The van der Waals surface area contributed by atoms with Crippen LogP contribution in [-0.4, -0.2) is 29.3 Å². The summed E-state index contributed by atoms with van der Waals surface area (Å²) >= 11 is 2.04. The molecular formula is C30H22N2O6S4. The van der Waals surface area contributed by atoms with Crippen LogP contribution in [-0.2, 0) is 26.5 Å². The number of thiophene rings is 2. The highest BCUT2D eigenvalue weighted by Crippen LogP contribution is 2.41. The molecule has 4 heterocycles. The van der Waals surface area contributed by atoms with E-state index in [-0.39, 0.29) is 25.8 Å². The third-order valence-corrected chi connectivity index (χ3v) is 14.4. The lowest BCUT2D eigenvalue weighted by Crippen LogP contribution is -2.37. The van der Waals surface area contributed by atoms with Gasteiger partial charge in [0.15, 0.2) is 5.76 Å². The van der Waals surface area contributed by atoms with Crippen molar-refractivity contribution in [1.82, 2.24) is 0 Å². The molecule has 0 saturated carbocycles. The van der Waals surface area contributed by atoms with Gasteiger partial charge in [0, 0.05) is 21.6 Å². The molecule has 0 saturated heterocycles. The molecule has 1 amide bonds. The summed E-state index contributed by atoms with van der Waals surface area (Å²) in [5, 5.41) is 1.41. The summed E-state index contributed by atoms with van der Waals surface area (Å²) in [4.78, 5) is 14.7. The summed E-state index contributed by atoms with van der Waals surface area (Å²) in [6.45, 7) is 0.454. The maximum Gasteiger partial charge on any atom is 0.293 e. The van der Waals surface area contributed by atoms with Crippen molar-refractivity contribution < 1.29 is 26.0 Å². The highest BCUT2D eigenvalue weighted by Gasteiger charge is 2.40. The van der Waals surface area contributed by atoms with E-state index < -0.39 is 20.0 Å². The molecular weight excluding hydrogens is 613 g/mol. The third kappa shape index (κ3) is 4.42. The summed E-state index contributed by atoms with van der Waals surface area (Å²) in [6.07, 6.45) is 2.59. The van der Waals surface area contributed by atoms with Gasteiger partial charge in [0.05, 0.1) is 12.0 Å². The summed E-state index contributed by atoms with van der Waals surface area (Å²) in [7, 11) is -9.15. The van der Waals surface area contributed by atoms with E-state index in [1.54, 1.807) is 77.7 Å². The van der Waals surface area contributed by atoms with Crippen LogP contribution < -0.4 is 8.61 Å². The zero-order valence-electron chi connectivity index (χ0n) is 21.8. The maximum absolute atomic E-state index is 14.3. The number of hydrogen-bond acceptors (Lipinski definition) is 8. The first-order chi connectivity index (χ1) is 20.2. The van der Waals surface area contributed by atoms with E-state index in [0.29, 0.717) is 45.1 Å². The van der Waals surface area contributed by atoms with Crippen molar-refractivity contribution in [2.45, 2.75) is 21.3 Å². The summed E-state index contributed by atoms with van der Waals surface area (Å²) in [6, 6.07) is 25.2. The lowest BCUT2D eigenvalue weighted by atomic mass is 10.0. The van der Waals surface area contributed by atoms with E-state index in [1.165, 1.54) is 24.5 Å². The monoisotopic (exact) mass is 634 g/mol. The molecule has 1 aliphatic rings. The topological polar surface area (TPSA) is 105 Å². The van der Waals surface area contributed by atoms with Gasteiger partial charge in [0.2, 0.25) is 0 Å². The molecule has 3 aromatic carbocycles. The lowest BCUT2D eigenvalue weighted by molar-refractivity contribution is 0.0958. The molecule has 0 bridgehead atoms. The zero-order valence-corrected chi connectivity index (χ0v) is 25.1. The first-order valence-electron chi connectivity index (χ1n) is 13.0. The molecule has 3 aromatic heterocycles. The van der Waals surface area contributed by atoms with Crippen LogP contribution in [0.25, 0.3) is 20.2 Å². The molecule has 0 unspecified atom stereocenters. The Morgan fingerprint density at radius 2 is 1.38 bits per heavy atom. The Morgan fingerprint density at radius 1 is 0.762 bits per heavy atom. The first kappa shape index (κ1) is 26.9. The van der Waals surface area contributed by atoms with Gasteiger partial charge >= 0.3 is 0 Å². The lowest BCUT2D eigenvalue weighted by Gasteiger charge is -2.30. The van der Waals surface area contributed by atoms with Crippen molar-refractivity contribution in [3.8, 4) is 0 Å². The van der Waals surface area contributed by atoms with Gasteiger partial charge in [-0.25, -0.2) is 0 Å². The SMILES string of the molecule is O=C(c1ccco1)N1CCCc2cc(N(S(=O)(=O)c3cc4ccccc4s3)S(=O)(=O)c3cc4ccccc4s3)ccc21. The van der Waals surface area contributed by atoms with Gasteiger partial charge in [-0.1, -0.05) is 36.4 Å². The van der Waals surface area contributed by atoms with Crippen molar-refractivity contribution >= 4 is 80.2 Å². The van der Waals surface area contributed by atoms with Crippen LogP contribution in [0.4, 0.5) is 11.4 Å². The highest BCUT2D eigenvalue weighted by atomic mass is 32.3. The molecule has 0 N–H and O–H groups in total. The second-order valence-electron chi connectivity index (χ2n) is 9.76. The Labute approximate surface area is 250 Å². The molecule has 0 spiro atoms. The Kier molecular flexibility index (Phi) is 6.46. The van der Waals surface area contributed by atoms with E-state index in [2.05, 4.69) is 0 Å². The van der Waals surface area contributed by atoms with Gasteiger partial charge in [-0.3, -0.25) is 4.79 Å². The minimum absolute atomic E-state index is 0.0176. The van der Waals surface area contributed by atoms with E-state index >= 15 is 0 Å². The minimum Gasteiger partial charge on any atom is -0.459 e. The number of furan rings is 1. The van der Waals surface area contributed by atoms with Gasteiger partial charge in [-0.2, -0.15) is 20.5 Å². The summed E-state index contributed by atoms with van der Waals surface area (Å²) < 4.78 is 64.4. The number of carbonyl (C=O) groups is 1. The predicted octanol–water partition coefficient (Wildman–Crippen LogP) is 6.89. The summed E-state index contributed by atoms with van der Waals surface area (Å²) in [5.41, 5.74) is 1.24. The Bertz CT molecular complexity index is 2030. The van der Waals surface area contributed by atoms with Crippen LogP contribution in [0.5, 0.6) is 0 Å². The van der Waals surface area contributed by atoms with Crippen LogP contribution in [0, 0.1) is 0 Å². The number of nitrogens with zero attached hydrogens (tertiary/aromatic N) is 2. The average molecular weight is 635 g/mol. The van der Waals surface area contributed by atoms with E-state index in [1.807, 2.05) is 0 Å². The van der Waals surface area contributed by atoms with Gasteiger partial charge in [0.25, 0.3) is 26.0 Å². The van der Waals surface area contributed by atoms with Crippen molar-refractivity contribution in [2.24, 2.45) is 0 Å². The van der Waals surface area contributed by atoms with E-state index in [4.69, 9.17) is 4.42 Å². The molecule has 42 heavy (non-hydrogen) atoms. The Balaban J connectivity index is 1.39. The van der Waals surface area contributed by atoms with Crippen LogP contribution in [0.2, 0.25) is 0 Å².